The number of carbonyl (C=O) groups is 2. The molecule has 0 aromatic heterocycles. The van der Waals surface area contributed by atoms with Gasteiger partial charge in [-0.15, -0.1) is 0 Å². The lowest BCUT2D eigenvalue weighted by Crippen LogP contribution is -2.56. The highest BCUT2D eigenvalue weighted by Gasteiger charge is 2.40. The van der Waals surface area contributed by atoms with E-state index in [0.29, 0.717) is 0 Å². The van der Waals surface area contributed by atoms with E-state index in [1.54, 1.807) is 0 Å². The third-order valence-corrected chi connectivity index (χ3v) is 4.91. The van der Waals surface area contributed by atoms with Gasteiger partial charge < -0.3 is 15.5 Å². The van der Waals surface area contributed by atoms with E-state index < -0.39 is 0 Å². The molecule has 3 aliphatic rings. The molecule has 0 bridgehead atoms. The predicted molar refractivity (Wildman–Crippen MR) is 79.8 cm³/mol. The molecule has 2 amide bonds. The lowest BCUT2D eigenvalue weighted by Gasteiger charge is -2.35. The highest BCUT2D eigenvalue weighted by Crippen LogP contribution is 2.25. The van der Waals surface area contributed by atoms with Crippen LogP contribution < -0.4 is 10.6 Å². The van der Waals surface area contributed by atoms with Gasteiger partial charge in [0.15, 0.2) is 0 Å². The Hall–Kier alpha value is -1.14. The van der Waals surface area contributed by atoms with Crippen molar-refractivity contribution in [3.05, 3.63) is 0 Å². The normalized spacial score (nSPS) is 31.8. The number of hydrogen-bond donors (Lipinski definition) is 2. The Morgan fingerprint density at radius 2 is 1.81 bits per heavy atom. The molecule has 0 radical (unpaired) electrons. The second-order valence-electron chi connectivity index (χ2n) is 6.27. The van der Waals surface area contributed by atoms with Gasteiger partial charge in [-0.1, -0.05) is 0 Å². The molecule has 3 aliphatic heterocycles. The molecule has 21 heavy (non-hydrogen) atoms. The van der Waals surface area contributed by atoms with Gasteiger partial charge in [-0.2, -0.15) is 0 Å². The molecule has 6 nitrogen and oxygen atoms in total. The molecule has 3 heterocycles. The fourth-order valence-electron chi connectivity index (χ4n) is 3.76. The van der Waals surface area contributed by atoms with Crippen LogP contribution in [0.3, 0.4) is 0 Å². The molecule has 0 aromatic rings. The maximum atomic E-state index is 12.8. The molecule has 0 saturated carbocycles. The number of amides is 2. The minimum absolute atomic E-state index is 0.0862. The van der Waals surface area contributed by atoms with Gasteiger partial charge in [-0.25, -0.2) is 0 Å². The fourth-order valence-corrected chi connectivity index (χ4v) is 3.76. The van der Waals surface area contributed by atoms with Crippen LogP contribution in [0.2, 0.25) is 0 Å². The summed E-state index contributed by atoms with van der Waals surface area (Å²) in [6.07, 6.45) is 4.91. The maximum Gasteiger partial charge on any atom is 0.240 e. The van der Waals surface area contributed by atoms with Crippen LogP contribution in [0.25, 0.3) is 0 Å². The van der Waals surface area contributed by atoms with Crippen molar-refractivity contribution in [2.24, 2.45) is 0 Å². The third kappa shape index (κ3) is 3.21. The van der Waals surface area contributed by atoms with Gasteiger partial charge in [0.25, 0.3) is 0 Å². The average Bonchev–Trinajstić information content (AvgIpc) is 2.90. The first-order chi connectivity index (χ1) is 10.3. The first-order valence-electron chi connectivity index (χ1n) is 8.30. The van der Waals surface area contributed by atoms with Crippen molar-refractivity contribution in [3.63, 3.8) is 0 Å². The van der Waals surface area contributed by atoms with Crippen molar-refractivity contribution in [3.8, 4) is 0 Å². The molecule has 3 fully saturated rings. The van der Waals surface area contributed by atoms with Crippen molar-refractivity contribution >= 4 is 11.8 Å². The summed E-state index contributed by atoms with van der Waals surface area (Å²) in [5.74, 6) is 0.346. The number of rotatable bonds is 2. The highest BCUT2D eigenvalue weighted by molar-refractivity contribution is 5.86. The zero-order valence-corrected chi connectivity index (χ0v) is 12.6. The van der Waals surface area contributed by atoms with Crippen LogP contribution in [-0.2, 0) is 9.59 Å². The van der Waals surface area contributed by atoms with Gasteiger partial charge in [-0.05, 0) is 38.6 Å². The van der Waals surface area contributed by atoms with Crippen molar-refractivity contribution in [1.82, 2.24) is 20.4 Å². The van der Waals surface area contributed by atoms with Crippen LogP contribution in [0.15, 0.2) is 0 Å². The third-order valence-electron chi connectivity index (χ3n) is 4.91. The van der Waals surface area contributed by atoms with E-state index in [-0.39, 0.29) is 23.9 Å². The molecule has 118 valence electrons. The van der Waals surface area contributed by atoms with Crippen LogP contribution in [0.1, 0.15) is 32.1 Å². The first-order valence-corrected chi connectivity index (χ1v) is 8.30. The summed E-state index contributed by atoms with van der Waals surface area (Å²) in [5, 5.41) is 6.27. The molecule has 2 N–H and O–H groups in total. The molecule has 2 atom stereocenters. The Balaban J connectivity index is 1.69. The van der Waals surface area contributed by atoms with Gasteiger partial charge in [0.05, 0.1) is 12.1 Å². The second kappa shape index (κ2) is 6.75. The van der Waals surface area contributed by atoms with Crippen LogP contribution >= 0.6 is 0 Å². The second-order valence-corrected chi connectivity index (χ2v) is 6.27. The van der Waals surface area contributed by atoms with Crippen molar-refractivity contribution in [2.45, 2.75) is 44.2 Å². The molecule has 2 unspecified atom stereocenters. The Kier molecular flexibility index (Phi) is 4.75. The van der Waals surface area contributed by atoms with E-state index in [2.05, 4.69) is 15.5 Å². The Morgan fingerprint density at radius 3 is 2.62 bits per heavy atom. The van der Waals surface area contributed by atoms with Crippen LogP contribution in [0, 0.1) is 0 Å². The van der Waals surface area contributed by atoms with Crippen molar-refractivity contribution in [2.75, 3.05) is 39.3 Å². The number of piperazine rings is 1. The highest BCUT2D eigenvalue weighted by atomic mass is 16.2. The molecule has 0 aliphatic carbocycles. The minimum Gasteiger partial charge on any atom is -0.355 e. The van der Waals surface area contributed by atoms with E-state index in [4.69, 9.17) is 0 Å². The van der Waals surface area contributed by atoms with E-state index in [0.717, 1.165) is 71.4 Å². The van der Waals surface area contributed by atoms with E-state index >= 15 is 0 Å². The summed E-state index contributed by atoms with van der Waals surface area (Å²) >= 11 is 0. The molecule has 3 saturated heterocycles. The fraction of sp³-hybridized carbons (Fsp3) is 0.867. The maximum absolute atomic E-state index is 12.8. The topological polar surface area (TPSA) is 64.7 Å². The molecule has 0 spiro atoms. The van der Waals surface area contributed by atoms with E-state index in [9.17, 15) is 9.59 Å². The number of hydrogen-bond acceptors (Lipinski definition) is 4. The van der Waals surface area contributed by atoms with Gasteiger partial charge in [0, 0.05) is 32.7 Å². The average molecular weight is 294 g/mol. The standard InChI is InChI=1S/C15H26N4O2/c20-14-12(4-1-2-6-17-14)19-9-3-5-13(19)15(21)18-10-7-16-8-11-18/h12-13,16H,1-11H2,(H,17,20). The monoisotopic (exact) mass is 294 g/mol. The Labute approximate surface area is 126 Å². The van der Waals surface area contributed by atoms with Crippen molar-refractivity contribution in [1.29, 1.82) is 0 Å². The molecule has 3 rings (SSSR count). The van der Waals surface area contributed by atoms with Gasteiger partial charge in [0.2, 0.25) is 11.8 Å². The summed E-state index contributed by atoms with van der Waals surface area (Å²) in [6.45, 7) is 4.99. The summed E-state index contributed by atoms with van der Waals surface area (Å²) in [4.78, 5) is 29.2. The molecule has 0 aromatic carbocycles. The summed E-state index contributed by atoms with van der Waals surface area (Å²) in [5.41, 5.74) is 0. The van der Waals surface area contributed by atoms with Crippen molar-refractivity contribution < 1.29 is 9.59 Å². The largest absolute Gasteiger partial charge is 0.355 e. The number of nitrogens with zero attached hydrogens (tertiary/aromatic N) is 2. The smallest absolute Gasteiger partial charge is 0.240 e. The molecular weight excluding hydrogens is 268 g/mol. The summed E-state index contributed by atoms with van der Waals surface area (Å²) in [7, 11) is 0. The lowest BCUT2D eigenvalue weighted by atomic mass is 10.1. The number of carbonyl (C=O) groups excluding carboxylic acids is 2. The Bertz CT molecular complexity index is 395. The summed E-state index contributed by atoms with van der Waals surface area (Å²) in [6, 6.07) is -0.191. The lowest BCUT2D eigenvalue weighted by molar-refractivity contribution is -0.139. The minimum atomic E-state index is -0.105. The predicted octanol–water partition coefficient (Wildman–Crippen LogP) is -0.449. The molecule has 6 heteroatoms. The van der Waals surface area contributed by atoms with Crippen LogP contribution in [-0.4, -0.2) is 73.0 Å². The van der Waals surface area contributed by atoms with Gasteiger partial charge in [0.1, 0.15) is 0 Å². The first kappa shape index (κ1) is 14.8. The Morgan fingerprint density at radius 1 is 1.00 bits per heavy atom. The SMILES string of the molecule is O=C1NCCCCC1N1CCCC1C(=O)N1CCNCC1. The van der Waals surface area contributed by atoms with E-state index in [1.807, 2.05) is 4.90 Å². The molecular formula is C15H26N4O2. The van der Waals surface area contributed by atoms with Crippen LogP contribution in [0.5, 0.6) is 0 Å². The quantitative estimate of drug-likeness (QED) is 0.724. The zero-order chi connectivity index (χ0) is 14.7. The van der Waals surface area contributed by atoms with Gasteiger partial charge >= 0.3 is 0 Å². The van der Waals surface area contributed by atoms with E-state index in [1.165, 1.54) is 0 Å². The summed E-state index contributed by atoms with van der Waals surface area (Å²) < 4.78 is 0. The number of likely N-dealkylation sites (tertiary alicyclic amines) is 1. The number of nitrogens with one attached hydrogen (secondary N) is 2. The van der Waals surface area contributed by atoms with Gasteiger partial charge in [-0.3, -0.25) is 14.5 Å². The van der Waals surface area contributed by atoms with Crippen LogP contribution in [0.4, 0.5) is 0 Å². The zero-order valence-electron chi connectivity index (χ0n) is 12.6.